The Hall–Kier alpha value is -1.64. The van der Waals surface area contributed by atoms with Crippen LogP contribution < -0.4 is 10.0 Å². The van der Waals surface area contributed by atoms with Crippen molar-refractivity contribution in [2.24, 2.45) is 0 Å². The monoisotopic (exact) mass is 344 g/mol. The second kappa shape index (κ2) is 8.28. The Morgan fingerprint density at radius 3 is 2.48 bits per heavy atom. The quantitative estimate of drug-likeness (QED) is 0.632. The molecular weight excluding hydrogens is 320 g/mol. The molecule has 0 radical (unpaired) electrons. The van der Waals surface area contributed by atoms with Gasteiger partial charge in [0, 0.05) is 19.2 Å². The lowest BCUT2D eigenvalue weighted by Crippen LogP contribution is -2.33. The van der Waals surface area contributed by atoms with Crippen molar-refractivity contribution in [1.82, 2.24) is 4.72 Å². The van der Waals surface area contributed by atoms with Gasteiger partial charge in [0.05, 0.1) is 17.9 Å². The lowest BCUT2D eigenvalue weighted by atomic mass is 10.2. The molecule has 0 aromatic heterocycles. The highest BCUT2D eigenvalue weighted by atomic mass is 32.2. The third kappa shape index (κ3) is 5.49. The number of hydrogen-bond acceptors (Lipinski definition) is 5. The van der Waals surface area contributed by atoms with Crippen molar-refractivity contribution in [3.05, 3.63) is 23.8 Å². The van der Waals surface area contributed by atoms with Crippen LogP contribution in [0.4, 0.5) is 5.69 Å². The first kappa shape index (κ1) is 19.4. The van der Waals surface area contributed by atoms with Crippen LogP contribution in [0.2, 0.25) is 0 Å². The van der Waals surface area contributed by atoms with E-state index in [1.165, 1.54) is 12.1 Å². The normalized spacial score (nSPS) is 14.3. The van der Waals surface area contributed by atoms with Gasteiger partial charge in [-0.25, -0.2) is 17.9 Å². The fraction of sp³-hybridized carbons (Fsp3) is 0.533. The second-order valence-corrected chi connectivity index (χ2v) is 7.13. The van der Waals surface area contributed by atoms with E-state index < -0.39 is 16.0 Å². The molecule has 0 aliphatic heterocycles. The zero-order valence-electron chi connectivity index (χ0n) is 13.8. The van der Waals surface area contributed by atoms with Crippen LogP contribution >= 0.6 is 0 Å². The van der Waals surface area contributed by atoms with Crippen molar-refractivity contribution >= 4 is 21.7 Å². The minimum atomic E-state index is -3.84. The van der Waals surface area contributed by atoms with Crippen molar-refractivity contribution < 1.29 is 23.1 Å². The summed E-state index contributed by atoms with van der Waals surface area (Å²) in [5.74, 6) is -1.18. The third-order valence-corrected chi connectivity index (χ3v) is 4.93. The Balaban J connectivity index is 3.28. The molecular formula is C15H24N2O5S. The number of methoxy groups -OCH3 is 1. The molecule has 0 aliphatic carbocycles. The molecule has 0 spiro atoms. The molecule has 0 fully saturated rings. The summed E-state index contributed by atoms with van der Waals surface area (Å²) in [6.45, 7) is 5.84. The van der Waals surface area contributed by atoms with Crippen molar-refractivity contribution in [3.8, 4) is 0 Å². The molecule has 1 rings (SSSR count). The van der Waals surface area contributed by atoms with Gasteiger partial charge in [0.1, 0.15) is 4.90 Å². The summed E-state index contributed by atoms with van der Waals surface area (Å²) in [5, 5.41) is 12.1. The molecule has 1 aromatic carbocycles. The standard InChI is InChI=1S/C15H24N2O5S/c1-5-10(2)17-23(20,21)14-8-12(15(18)19)6-7-13(14)16-11(3)9-22-4/h6-8,10-11,16-17H,5,9H2,1-4H3,(H,18,19)/t10-,11-/m1/s1. The van der Waals surface area contributed by atoms with Crippen molar-refractivity contribution in [3.63, 3.8) is 0 Å². The van der Waals surface area contributed by atoms with E-state index in [-0.39, 0.29) is 22.5 Å². The largest absolute Gasteiger partial charge is 0.478 e. The van der Waals surface area contributed by atoms with Crippen LogP contribution in [-0.2, 0) is 14.8 Å². The molecule has 23 heavy (non-hydrogen) atoms. The predicted octanol–water partition coefficient (Wildman–Crippen LogP) is 1.91. The number of benzene rings is 1. The number of anilines is 1. The van der Waals surface area contributed by atoms with Crippen molar-refractivity contribution in [2.75, 3.05) is 19.0 Å². The van der Waals surface area contributed by atoms with Gasteiger partial charge in [-0.3, -0.25) is 0 Å². The molecule has 0 saturated carbocycles. The van der Waals surface area contributed by atoms with Gasteiger partial charge in [0.15, 0.2) is 0 Å². The van der Waals surface area contributed by atoms with E-state index in [4.69, 9.17) is 9.84 Å². The molecule has 0 aliphatic rings. The number of sulfonamides is 1. The van der Waals surface area contributed by atoms with Gasteiger partial charge in [-0.05, 0) is 38.5 Å². The fourth-order valence-electron chi connectivity index (χ4n) is 1.97. The molecule has 3 N–H and O–H groups in total. The van der Waals surface area contributed by atoms with Crippen LogP contribution in [0.15, 0.2) is 23.1 Å². The summed E-state index contributed by atoms with van der Waals surface area (Å²) < 4.78 is 32.7. The molecule has 7 nitrogen and oxygen atoms in total. The van der Waals surface area contributed by atoms with Crippen LogP contribution in [0.25, 0.3) is 0 Å². The highest BCUT2D eigenvalue weighted by Crippen LogP contribution is 2.24. The van der Waals surface area contributed by atoms with E-state index in [9.17, 15) is 13.2 Å². The summed E-state index contributed by atoms with van der Waals surface area (Å²) in [6.07, 6.45) is 0.626. The van der Waals surface area contributed by atoms with E-state index in [0.29, 0.717) is 18.7 Å². The van der Waals surface area contributed by atoms with Gasteiger partial charge >= 0.3 is 5.97 Å². The van der Waals surface area contributed by atoms with Gasteiger partial charge < -0.3 is 15.2 Å². The minimum absolute atomic E-state index is 0.0827. The maximum atomic E-state index is 12.6. The van der Waals surface area contributed by atoms with Gasteiger partial charge in [-0.15, -0.1) is 0 Å². The third-order valence-electron chi connectivity index (χ3n) is 3.31. The highest BCUT2D eigenvalue weighted by molar-refractivity contribution is 7.89. The molecule has 2 atom stereocenters. The van der Waals surface area contributed by atoms with Gasteiger partial charge in [-0.2, -0.15) is 0 Å². The molecule has 0 bridgehead atoms. The second-order valence-electron chi connectivity index (χ2n) is 5.45. The molecule has 0 heterocycles. The Morgan fingerprint density at radius 2 is 1.96 bits per heavy atom. The van der Waals surface area contributed by atoms with Crippen LogP contribution in [0.3, 0.4) is 0 Å². The first-order valence-electron chi connectivity index (χ1n) is 7.36. The topological polar surface area (TPSA) is 105 Å². The summed E-state index contributed by atoms with van der Waals surface area (Å²) in [5.41, 5.74) is 0.259. The SMILES string of the molecule is CC[C@@H](C)NS(=O)(=O)c1cc(C(=O)O)ccc1N[C@H](C)COC. The van der Waals surface area contributed by atoms with Crippen LogP contribution in [-0.4, -0.2) is 45.3 Å². The van der Waals surface area contributed by atoms with Crippen LogP contribution in [0.1, 0.15) is 37.6 Å². The average molecular weight is 344 g/mol. The maximum Gasteiger partial charge on any atom is 0.335 e. The molecule has 0 unspecified atom stereocenters. The number of carboxylic acid groups (broad SMARTS) is 1. The smallest absolute Gasteiger partial charge is 0.335 e. The number of nitrogens with one attached hydrogen (secondary N) is 2. The fourth-order valence-corrected chi connectivity index (χ4v) is 3.49. The Morgan fingerprint density at radius 1 is 1.30 bits per heavy atom. The van der Waals surface area contributed by atoms with E-state index in [1.54, 1.807) is 14.0 Å². The predicted molar refractivity (Wildman–Crippen MR) is 88.4 cm³/mol. The van der Waals surface area contributed by atoms with Crippen molar-refractivity contribution in [2.45, 2.75) is 44.2 Å². The summed E-state index contributed by atoms with van der Waals surface area (Å²) in [7, 11) is -2.29. The molecule has 130 valence electrons. The number of carboxylic acids is 1. The Bertz CT molecular complexity index is 645. The minimum Gasteiger partial charge on any atom is -0.478 e. The number of carbonyl (C=O) groups is 1. The summed E-state index contributed by atoms with van der Waals surface area (Å²) >= 11 is 0. The lowest BCUT2D eigenvalue weighted by molar-refractivity contribution is 0.0696. The first-order valence-corrected chi connectivity index (χ1v) is 8.84. The molecule has 8 heteroatoms. The zero-order valence-corrected chi connectivity index (χ0v) is 14.6. The van der Waals surface area contributed by atoms with Gasteiger partial charge in [-0.1, -0.05) is 6.92 Å². The van der Waals surface area contributed by atoms with E-state index in [1.807, 2.05) is 13.8 Å². The summed E-state index contributed by atoms with van der Waals surface area (Å²) in [6, 6.07) is 3.60. The van der Waals surface area contributed by atoms with Crippen LogP contribution in [0.5, 0.6) is 0 Å². The Labute approximate surface area is 137 Å². The van der Waals surface area contributed by atoms with Crippen molar-refractivity contribution in [1.29, 1.82) is 0 Å². The number of hydrogen-bond donors (Lipinski definition) is 3. The first-order chi connectivity index (χ1) is 10.7. The summed E-state index contributed by atoms with van der Waals surface area (Å²) in [4.78, 5) is 11.1. The number of aromatic carboxylic acids is 1. The zero-order chi connectivity index (χ0) is 17.6. The average Bonchev–Trinajstić information content (AvgIpc) is 2.46. The molecule has 0 saturated heterocycles. The number of ether oxygens (including phenoxy) is 1. The van der Waals surface area contributed by atoms with E-state index in [2.05, 4.69) is 10.0 Å². The van der Waals surface area contributed by atoms with Crippen LogP contribution in [0, 0.1) is 0 Å². The molecule has 1 aromatic rings. The highest BCUT2D eigenvalue weighted by Gasteiger charge is 2.23. The van der Waals surface area contributed by atoms with E-state index >= 15 is 0 Å². The maximum absolute atomic E-state index is 12.6. The van der Waals surface area contributed by atoms with E-state index in [0.717, 1.165) is 6.07 Å². The lowest BCUT2D eigenvalue weighted by Gasteiger charge is -2.19. The molecule has 0 amide bonds. The van der Waals surface area contributed by atoms with Gasteiger partial charge in [0.25, 0.3) is 0 Å². The Kier molecular flexibility index (Phi) is 6.99. The van der Waals surface area contributed by atoms with Gasteiger partial charge in [0.2, 0.25) is 10.0 Å². The number of rotatable bonds is 9.